The van der Waals surface area contributed by atoms with E-state index in [4.69, 9.17) is 9.26 Å². The summed E-state index contributed by atoms with van der Waals surface area (Å²) in [5.74, 6) is 2.65. The number of hydrogen-bond donors (Lipinski definition) is 1. The maximum Gasteiger partial charge on any atom is 0.191 e. The average molecular weight is 287 g/mol. The third kappa shape index (κ3) is 3.45. The van der Waals surface area contributed by atoms with Gasteiger partial charge < -0.3 is 14.2 Å². The minimum absolute atomic E-state index is 0.817. The van der Waals surface area contributed by atoms with Crippen LogP contribution in [0.2, 0.25) is 0 Å². The molecule has 4 nitrogen and oxygen atoms in total. The molecule has 0 aliphatic carbocycles. The normalized spacial score (nSPS) is 22.2. The Morgan fingerprint density at radius 1 is 1.33 bits per heavy atom. The predicted molar refractivity (Wildman–Crippen MR) is 81.3 cm³/mol. The van der Waals surface area contributed by atoms with Crippen molar-refractivity contribution in [3.63, 3.8) is 0 Å². The number of methoxy groups -OCH3 is 1. The maximum atomic E-state index is 5.51. The monoisotopic (exact) mass is 287 g/mol. The second kappa shape index (κ2) is 6.31. The van der Waals surface area contributed by atoms with Crippen molar-refractivity contribution < 1.29 is 14.2 Å². The van der Waals surface area contributed by atoms with E-state index in [0.29, 0.717) is 0 Å². The molecular formula is C17H23N2O2+. The molecule has 0 amide bonds. The second-order valence-corrected chi connectivity index (χ2v) is 6.04. The molecule has 1 aromatic carbocycles. The van der Waals surface area contributed by atoms with E-state index in [1.54, 1.807) is 12.0 Å². The van der Waals surface area contributed by atoms with E-state index in [-0.39, 0.29) is 0 Å². The Kier molecular flexibility index (Phi) is 4.25. The van der Waals surface area contributed by atoms with Crippen LogP contribution >= 0.6 is 0 Å². The van der Waals surface area contributed by atoms with Crippen molar-refractivity contribution in [3.8, 4) is 17.0 Å². The van der Waals surface area contributed by atoms with E-state index >= 15 is 0 Å². The van der Waals surface area contributed by atoms with E-state index in [2.05, 4.69) is 18.1 Å². The van der Waals surface area contributed by atoms with Crippen LogP contribution in [0, 0.1) is 5.92 Å². The van der Waals surface area contributed by atoms with Gasteiger partial charge in [-0.1, -0.05) is 12.1 Å². The zero-order valence-electron chi connectivity index (χ0n) is 12.8. The summed E-state index contributed by atoms with van der Waals surface area (Å²) in [4.78, 5) is 1.60. The topological polar surface area (TPSA) is 39.7 Å². The fourth-order valence-electron chi connectivity index (χ4n) is 3.10. The van der Waals surface area contributed by atoms with Crippen LogP contribution in [-0.4, -0.2) is 25.4 Å². The Bertz CT molecular complexity index is 577. The van der Waals surface area contributed by atoms with Gasteiger partial charge in [0, 0.05) is 17.5 Å². The van der Waals surface area contributed by atoms with Gasteiger partial charge >= 0.3 is 0 Å². The van der Waals surface area contributed by atoms with Crippen molar-refractivity contribution in [1.82, 2.24) is 5.16 Å². The van der Waals surface area contributed by atoms with E-state index in [1.165, 1.54) is 25.9 Å². The predicted octanol–water partition coefficient (Wildman–Crippen LogP) is 2.17. The number of quaternary nitrogens is 1. The zero-order valence-corrected chi connectivity index (χ0v) is 12.8. The van der Waals surface area contributed by atoms with Gasteiger partial charge in [0.1, 0.15) is 18.0 Å². The van der Waals surface area contributed by atoms with Crippen LogP contribution in [0.25, 0.3) is 11.3 Å². The molecule has 2 heterocycles. The molecule has 1 saturated heterocycles. The van der Waals surface area contributed by atoms with Crippen LogP contribution < -0.4 is 9.64 Å². The van der Waals surface area contributed by atoms with Crippen molar-refractivity contribution in [2.24, 2.45) is 5.92 Å². The Labute approximate surface area is 125 Å². The molecule has 1 aliphatic heterocycles. The first kappa shape index (κ1) is 14.1. The van der Waals surface area contributed by atoms with Gasteiger partial charge in [-0.25, -0.2) is 0 Å². The lowest BCUT2D eigenvalue weighted by Gasteiger charge is -2.26. The first-order valence-electron chi connectivity index (χ1n) is 7.68. The molecule has 1 N–H and O–H groups in total. The van der Waals surface area contributed by atoms with E-state index in [1.807, 2.05) is 24.3 Å². The van der Waals surface area contributed by atoms with Crippen molar-refractivity contribution in [2.75, 3.05) is 20.2 Å². The van der Waals surface area contributed by atoms with Gasteiger partial charge in [-0.15, -0.1) is 0 Å². The fourth-order valence-corrected chi connectivity index (χ4v) is 3.10. The minimum atomic E-state index is 0.817. The molecule has 0 saturated carbocycles. The van der Waals surface area contributed by atoms with Crippen LogP contribution in [-0.2, 0) is 6.54 Å². The molecule has 0 radical (unpaired) electrons. The number of nitrogens with zero attached hydrogens (tertiary/aromatic N) is 1. The maximum absolute atomic E-state index is 5.51. The molecule has 2 aromatic rings. The summed E-state index contributed by atoms with van der Waals surface area (Å²) in [6.07, 6.45) is 2.67. The van der Waals surface area contributed by atoms with Gasteiger partial charge in [0.05, 0.1) is 20.2 Å². The van der Waals surface area contributed by atoms with E-state index in [9.17, 15) is 0 Å². The van der Waals surface area contributed by atoms with Gasteiger partial charge in [0.2, 0.25) is 0 Å². The number of hydrogen-bond acceptors (Lipinski definition) is 3. The van der Waals surface area contributed by atoms with E-state index in [0.717, 1.165) is 35.2 Å². The fraction of sp³-hybridized carbons (Fsp3) is 0.471. The van der Waals surface area contributed by atoms with Crippen molar-refractivity contribution >= 4 is 0 Å². The molecule has 0 bridgehead atoms. The first-order valence-corrected chi connectivity index (χ1v) is 7.68. The highest BCUT2D eigenvalue weighted by atomic mass is 16.5. The molecule has 1 unspecified atom stereocenters. The molecule has 1 aliphatic rings. The number of aromatic nitrogens is 1. The molecule has 21 heavy (non-hydrogen) atoms. The SMILES string of the molecule is COc1ccc(-c2cc(C[NH+]3CCC[C@H](C)C3)on2)cc1. The molecule has 112 valence electrons. The molecule has 2 atom stereocenters. The summed E-state index contributed by atoms with van der Waals surface area (Å²) >= 11 is 0. The van der Waals surface area contributed by atoms with E-state index < -0.39 is 0 Å². The quantitative estimate of drug-likeness (QED) is 0.937. The number of nitrogens with one attached hydrogen (secondary N) is 1. The highest BCUT2D eigenvalue weighted by molar-refractivity contribution is 5.59. The summed E-state index contributed by atoms with van der Waals surface area (Å²) in [5.41, 5.74) is 1.96. The van der Waals surface area contributed by atoms with Gasteiger partial charge in [-0.05, 0) is 37.1 Å². The zero-order chi connectivity index (χ0) is 14.7. The molecular weight excluding hydrogens is 264 g/mol. The second-order valence-electron chi connectivity index (χ2n) is 6.04. The van der Waals surface area contributed by atoms with Crippen LogP contribution in [0.5, 0.6) is 5.75 Å². The van der Waals surface area contributed by atoms with Crippen molar-refractivity contribution in [2.45, 2.75) is 26.3 Å². The van der Waals surface area contributed by atoms with Crippen molar-refractivity contribution in [3.05, 3.63) is 36.1 Å². The number of piperidine rings is 1. The summed E-state index contributed by atoms with van der Waals surface area (Å²) in [5, 5.41) is 4.20. The first-order chi connectivity index (χ1) is 10.2. The summed E-state index contributed by atoms with van der Waals surface area (Å²) in [7, 11) is 1.67. The summed E-state index contributed by atoms with van der Waals surface area (Å²) < 4.78 is 10.7. The molecule has 3 rings (SSSR count). The molecule has 1 aromatic heterocycles. The minimum Gasteiger partial charge on any atom is -0.497 e. The molecule has 0 spiro atoms. The molecule has 1 fully saturated rings. The third-order valence-corrected chi connectivity index (χ3v) is 4.23. The van der Waals surface area contributed by atoms with Crippen LogP contribution in [0.3, 0.4) is 0 Å². The Morgan fingerprint density at radius 3 is 2.86 bits per heavy atom. The lowest BCUT2D eigenvalue weighted by molar-refractivity contribution is -0.923. The van der Waals surface area contributed by atoms with Gasteiger partial charge in [-0.2, -0.15) is 0 Å². The summed E-state index contributed by atoms with van der Waals surface area (Å²) in [6, 6.07) is 9.98. The van der Waals surface area contributed by atoms with Crippen LogP contribution in [0.1, 0.15) is 25.5 Å². The average Bonchev–Trinajstić information content (AvgIpc) is 2.96. The van der Waals surface area contributed by atoms with Gasteiger partial charge in [0.25, 0.3) is 0 Å². The number of rotatable bonds is 4. The van der Waals surface area contributed by atoms with Crippen molar-refractivity contribution in [1.29, 1.82) is 0 Å². The molecule has 4 heteroatoms. The standard InChI is InChI=1S/C17H22N2O2/c1-13-4-3-9-19(11-13)12-16-10-17(18-21-16)14-5-7-15(20-2)8-6-14/h5-8,10,13H,3-4,9,11-12H2,1-2H3/p+1/t13-/m0/s1. The number of likely N-dealkylation sites (tertiary alicyclic amines) is 1. The highest BCUT2D eigenvalue weighted by Crippen LogP contribution is 2.22. The Hall–Kier alpha value is -1.81. The van der Waals surface area contributed by atoms with Crippen LogP contribution in [0.4, 0.5) is 0 Å². The summed E-state index contributed by atoms with van der Waals surface area (Å²) in [6.45, 7) is 5.75. The Morgan fingerprint density at radius 2 is 2.14 bits per heavy atom. The van der Waals surface area contributed by atoms with Crippen LogP contribution in [0.15, 0.2) is 34.9 Å². The van der Waals surface area contributed by atoms with Gasteiger partial charge in [0.15, 0.2) is 5.76 Å². The van der Waals surface area contributed by atoms with Gasteiger partial charge in [-0.3, -0.25) is 0 Å². The largest absolute Gasteiger partial charge is 0.497 e. The lowest BCUT2D eigenvalue weighted by Crippen LogP contribution is -3.12. The Balaban J connectivity index is 1.67. The third-order valence-electron chi connectivity index (χ3n) is 4.23. The highest BCUT2D eigenvalue weighted by Gasteiger charge is 2.21. The lowest BCUT2D eigenvalue weighted by atomic mass is 10.0. The number of benzene rings is 1. The smallest absolute Gasteiger partial charge is 0.191 e. The number of ether oxygens (including phenoxy) is 1.